The highest BCUT2D eigenvalue weighted by Crippen LogP contribution is 2.26. The molecule has 0 unspecified atom stereocenters. The topological polar surface area (TPSA) is 30.7 Å². The van der Waals surface area contributed by atoms with Crippen molar-refractivity contribution in [3.05, 3.63) is 66.0 Å². The van der Waals surface area contributed by atoms with Crippen molar-refractivity contribution in [2.75, 3.05) is 0 Å². The molecule has 3 heteroatoms. The summed E-state index contributed by atoms with van der Waals surface area (Å²) < 4.78 is 1.84. The molecule has 124 valence electrons. The van der Waals surface area contributed by atoms with Crippen molar-refractivity contribution < 1.29 is 0 Å². The zero-order valence-electron chi connectivity index (χ0n) is 15.1. The SMILES string of the molecule is CC(C)c1cn(-c2ccc(-c3ccc(C(C)(C)C)cc3)cc2)nn1. The molecular weight excluding hydrogens is 294 g/mol. The summed E-state index contributed by atoms with van der Waals surface area (Å²) in [5, 5.41) is 8.43. The van der Waals surface area contributed by atoms with Gasteiger partial charge in [-0.25, -0.2) is 4.68 Å². The molecule has 0 spiro atoms. The first kappa shape index (κ1) is 16.4. The van der Waals surface area contributed by atoms with Gasteiger partial charge in [-0.05, 0) is 40.2 Å². The molecule has 0 aliphatic heterocycles. The Morgan fingerprint density at radius 2 is 1.38 bits per heavy atom. The number of benzene rings is 2. The fourth-order valence-corrected chi connectivity index (χ4v) is 2.64. The Bertz CT molecular complexity index is 804. The highest BCUT2D eigenvalue weighted by Gasteiger charge is 2.13. The molecule has 0 saturated heterocycles. The molecule has 0 bridgehead atoms. The largest absolute Gasteiger partial charge is 0.220 e. The number of hydrogen-bond acceptors (Lipinski definition) is 2. The van der Waals surface area contributed by atoms with Gasteiger partial charge in [-0.3, -0.25) is 0 Å². The Labute approximate surface area is 144 Å². The second-order valence-corrected chi connectivity index (χ2v) is 7.62. The minimum Gasteiger partial charge on any atom is -0.220 e. The Hall–Kier alpha value is -2.42. The summed E-state index contributed by atoms with van der Waals surface area (Å²) >= 11 is 0. The lowest BCUT2D eigenvalue weighted by molar-refractivity contribution is 0.590. The van der Waals surface area contributed by atoms with Gasteiger partial charge in [-0.1, -0.05) is 76.2 Å². The summed E-state index contributed by atoms with van der Waals surface area (Å²) in [6.07, 6.45) is 2.00. The molecule has 1 aromatic heterocycles. The van der Waals surface area contributed by atoms with Crippen LogP contribution in [0.2, 0.25) is 0 Å². The Balaban J connectivity index is 1.83. The van der Waals surface area contributed by atoms with E-state index < -0.39 is 0 Å². The van der Waals surface area contributed by atoms with E-state index in [9.17, 15) is 0 Å². The van der Waals surface area contributed by atoms with Gasteiger partial charge >= 0.3 is 0 Å². The molecule has 0 amide bonds. The summed E-state index contributed by atoms with van der Waals surface area (Å²) in [5.41, 5.74) is 6.02. The lowest BCUT2D eigenvalue weighted by Crippen LogP contribution is -2.10. The Morgan fingerprint density at radius 3 is 1.83 bits per heavy atom. The van der Waals surface area contributed by atoms with Gasteiger partial charge in [0.25, 0.3) is 0 Å². The molecule has 0 atom stereocenters. The van der Waals surface area contributed by atoms with E-state index in [2.05, 4.69) is 93.5 Å². The van der Waals surface area contributed by atoms with Gasteiger partial charge in [0.1, 0.15) is 0 Å². The fourth-order valence-electron chi connectivity index (χ4n) is 2.64. The smallest absolute Gasteiger partial charge is 0.0857 e. The van der Waals surface area contributed by atoms with Gasteiger partial charge in [0, 0.05) is 0 Å². The van der Waals surface area contributed by atoms with Crippen LogP contribution >= 0.6 is 0 Å². The van der Waals surface area contributed by atoms with Crippen molar-refractivity contribution >= 4 is 0 Å². The molecular formula is C21H25N3. The number of rotatable bonds is 3. The molecule has 0 saturated carbocycles. The minimum absolute atomic E-state index is 0.184. The quantitative estimate of drug-likeness (QED) is 0.651. The van der Waals surface area contributed by atoms with E-state index >= 15 is 0 Å². The predicted octanol–water partition coefficient (Wildman–Crippen LogP) is 5.36. The first-order chi connectivity index (χ1) is 11.3. The zero-order chi connectivity index (χ0) is 17.3. The lowest BCUT2D eigenvalue weighted by atomic mass is 9.86. The van der Waals surface area contributed by atoms with Crippen molar-refractivity contribution in [2.45, 2.75) is 46.0 Å². The number of nitrogens with zero attached hydrogens (tertiary/aromatic N) is 3. The van der Waals surface area contributed by atoms with Crippen LogP contribution in [0, 0.1) is 0 Å². The maximum Gasteiger partial charge on any atom is 0.0857 e. The third kappa shape index (κ3) is 3.40. The average molecular weight is 319 g/mol. The summed E-state index contributed by atoms with van der Waals surface area (Å²) in [5.74, 6) is 0.388. The predicted molar refractivity (Wildman–Crippen MR) is 99.6 cm³/mol. The van der Waals surface area contributed by atoms with Crippen LogP contribution in [0.1, 0.15) is 51.8 Å². The van der Waals surface area contributed by atoms with Crippen molar-refractivity contribution in [3.8, 4) is 16.8 Å². The minimum atomic E-state index is 0.184. The van der Waals surface area contributed by atoms with Crippen LogP contribution in [0.5, 0.6) is 0 Å². The van der Waals surface area contributed by atoms with Crippen LogP contribution in [-0.2, 0) is 5.41 Å². The van der Waals surface area contributed by atoms with Crippen molar-refractivity contribution in [1.82, 2.24) is 15.0 Å². The van der Waals surface area contributed by atoms with Crippen LogP contribution in [0.3, 0.4) is 0 Å². The molecule has 0 aliphatic carbocycles. The van der Waals surface area contributed by atoms with Crippen LogP contribution in [0.15, 0.2) is 54.7 Å². The Morgan fingerprint density at radius 1 is 0.833 bits per heavy atom. The molecule has 3 rings (SSSR count). The molecule has 0 fully saturated rings. The van der Waals surface area contributed by atoms with Crippen LogP contribution in [0.25, 0.3) is 16.8 Å². The Kier molecular flexibility index (Phi) is 4.27. The van der Waals surface area contributed by atoms with Crippen LogP contribution < -0.4 is 0 Å². The molecule has 24 heavy (non-hydrogen) atoms. The molecule has 0 radical (unpaired) electrons. The van der Waals surface area contributed by atoms with E-state index in [4.69, 9.17) is 0 Å². The van der Waals surface area contributed by atoms with Gasteiger partial charge in [0.05, 0.1) is 17.6 Å². The second-order valence-electron chi connectivity index (χ2n) is 7.62. The lowest BCUT2D eigenvalue weighted by Gasteiger charge is -2.19. The molecule has 2 aromatic carbocycles. The van der Waals surface area contributed by atoms with E-state index in [-0.39, 0.29) is 5.41 Å². The van der Waals surface area contributed by atoms with Gasteiger partial charge < -0.3 is 0 Å². The zero-order valence-corrected chi connectivity index (χ0v) is 15.1. The standard InChI is InChI=1S/C21H25N3/c1-15(2)20-14-24(23-22-20)19-12-8-17(9-13-19)16-6-10-18(11-7-16)21(3,4)5/h6-15H,1-5H3. The van der Waals surface area contributed by atoms with Crippen molar-refractivity contribution in [2.24, 2.45) is 0 Å². The van der Waals surface area contributed by atoms with Gasteiger partial charge in [-0.15, -0.1) is 5.10 Å². The highest BCUT2D eigenvalue weighted by molar-refractivity contribution is 5.65. The van der Waals surface area contributed by atoms with E-state index in [0.717, 1.165) is 11.4 Å². The summed E-state index contributed by atoms with van der Waals surface area (Å²) in [6.45, 7) is 11.0. The average Bonchev–Trinajstić information content (AvgIpc) is 3.05. The maximum atomic E-state index is 4.22. The van der Waals surface area contributed by atoms with Crippen LogP contribution in [0.4, 0.5) is 0 Å². The number of aromatic nitrogens is 3. The van der Waals surface area contributed by atoms with Gasteiger partial charge in [0.2, 0.25) is 0 Å². The van der Waals surface area contributed by atoms with Crippen LogP contribution in [-0.4, -0.2) is 15.0 Å². The van der Waals surface area contributed by atoms with E-state index in [0.29, 0.717) is 5.92 Å². The number of hydrogen-bond donors (Lipinski definition) is 0. The fraction of sp³-hybridized carbons (Fsp3) is 0.333. The summed E-state index contributed by atoms with van der Waals surface area (Å²) in [6, 6.07) is 17.3. The maximum absolute atomic E-state index is 4.22. The van der Waals surface area contributed by atoms with E-state index in [1.54, 1.807) is 0 Å². The molecule has 1 heterocycles. The summed E-state index contributed by atoms with van der Waals surface area (Å²) in [7, 11) is 0. The van der Waals surface area contributed by atoms with Crippen molar-refractivity contribution in [3.63, 3.8) is 0 Å². The monoisotopic (exact) mass is 319 g/mol. The highest BCUT2D eigenvalue weighted by atomic mass is 15.4. The molecule has 0 N–H and O–H groups in total. The normalized spacial score (nSPS) is 11.9. The first-order valence-corrected chi connectivity index (χ1v) is 8.48. The van der Waals surface area contributed by atoms with E-state index in [1.165, 1.54) is 16.7 Å². The van der Waals surface area contributed by atoms with E-state index in [1.807, 2.05) is 10.9 Å². The molecule has 0 aliphatic rings. The molecule has 3 nitrogen and oxygen atoms in total. The first-order valence-electron chi connectivity index (χ1n) is 8.48. The van der Waals surface area contributed by atoms with Gasteiger partial charge in [0.15, 0.2) is 0 Å². The van der Waals surface area contributed by atoms with Crippen molar-refractivity contribution in [1.29, 1.82) is 0 Å². The molecule has 3 aromatic rings. The third-order valence-electron chi connectivity index (χ3n) is 4.32. The third-order valence-corrected chi connectivity index (χ3v) is 4.32. The van der Waals surface area contributed by atoms with Gasteiger partial charge in [-0.2, -0.15) is 0 Å². The summed E-state index contributed by atoms with van der Waals surface area (Å²) in [4.78, 5) is 0. The second kappa shape index (κ2) is 6.23.